The van der Waals surface area contributed by atoms with Gasteiger partial charge in [-0.25, -0.2) is 0 Å². The number of carbonyl (C=O) groups is 1. The number of anilines is 1. The normalized spacial score (nSPS) is 10.2. The van der Waals surface area contributed by atoms with Crippen molar-refractivity contribution in [3.05, 3.63) is 63.2 Å². The van der Waals surface area contributed by atoms with Gasteiger partial charge in [0.2, 0.25) is 0 Å². The molecule has 1 amide bonds. The number of phenols is 1. The van der Waals surface area contributed by atoms with Crippen LogP contribution in [0.25, 0.3) is 0 Å². The van der Waals surface area contributed by atoms with Crippen LogP contribution < -0.4 is 5.32 Å². The molecular formula is C15H14N2O4. The summed E-state index contributed by atoms with van der Waals surface area (Å²) in [6.45, 7) is 3.44. The average molecular weight is 286 g/mol. The van der Waals surface area contributed by atoms with Gasteiger partial charge in [-0.05, 0) is 31.0 Å². The van der Waals surface area contributed by atoms with Gasteiger partial charge in [-0.3, -0.25) is 14.9 Å². The Balaban J connectivity index is 2.29. The third kappa shape index (κ3) is 3.17. The van der Waals surface area contributed by atoms with Crippen LogP contribution in [0.5, 0.6) is 5.75 Å². The Morgan fingerprint density at radius 1 is 1.14 bits per heavy atom. The van der Waals surface area contributed by atoms with E-state index < -0.39 is 10.8 Å². The van der Waals surface area contributed by atoms with E-state index in [2.05, 4.69) is 5.32 Å². The zero-order valence-electron chi connectivity index (χ0n) is 11.6. The second-order valence-electron chi connectivity index (χ2n) is 4.71. The van der Waals surface area contributed by atoms with Gasteiger partial charge in [-0.2, -0.15) is 0 Å². The van der Waals surface area contributed by atoms with E-state index in [9.17, 15) is 20.0 Å². The Morgan fingerprint density at radius 2 is 1.81 bits per heavy atom. The van der Waals surface area contributed by atoms with Crippen molar-refractivity contribution >= 4 is 17.3 Å². The highest BCUT2D eigenvalue weighted by molar-refractivity contribution is 6.05. The minimum atomic E-state index is -0.548. The minimum Gasteiger partial charge on any atom is -0.508 e. The molecule has 2 aromatic rings. The predicted octanol–water partition coefficient (Wildman–Crippen LogP) is 3.17. The zero-order valence-corrected chi connectivity index (χ0v) is 11.6. The van der Waals surface area contributed by atoms with Crippen LogP contribution >= 0.6 is 0 Å². The van der Waals surface area contributed by atoms with Gasteiger partial charge in [0.15, 0.2) is 0 Å². The van der Waals surface area contributed by atoms with Crippen LogP contribution in [0.1, 0.15) is 21.5 Å². The van der Waals surface area contributed by atoms with Crippen LogP contribution in [0, 0.1) is 24.0 Å². The summed E-state index contributed by atoms with van der Waals surface area (Å²) in [6, 6.07) is 8.87. The fourth-order valence-electron chi connectivity index (χ4n) is 1.85. The number of phenolic OH excluding ortho intramolecular Hbond substituents is 1. The van der Waals surface area contributed by atoms with Gasteiger partial charge in [-0.15, -0.1) is 0 Å². The molecule has 2 rings (SSSR count). The molecule has 6 nitrogen and oxygen atoms in total. The summed E-state index contributed by atoms with van der Waals surface area (Å²) in [7, 11) is 0. The number of carbonyl (C=O) groups excluding carboxylic acids is 1. The van der Waals surface area contributed by atoms with E-state index in [4.69, 9.17) is 0 Å². The number of aromatic hydroxyl groups is 1. The average Bonchev–Trinajstić information content (AvgIpc) is 2.43. The first-order chi connectivity index (χ1) is 9.88. The van der Waals surface area contributed by atoms with Crippen molar-refractivity contribution in [3.8, 4) is 5.75 Å². The number of nitro benzene ring substituents is 1. The maximum atomic E-state index is 12.2. The Morgan fingerprint density at radius 3 is 2.43 bits per heavy atom. The van der Waals surface area contributed by atoms with Crippen molar-refractivity contribution in [1.29, 1.82) is 0 Å². The van der Waals surface area contributed by atoms with E-state index in [1.807, 2.05) is 0 Å². The summed E-state index contributed by atoms with van der Waals surface area (Å²) in [4.78, 5) is 22.4. The lowest BCUT2D eigenvalue weighted by Gasteiger charge is -2.09. The third-order valence-corrected chi connectivity index (χ3v) is 3.14. The van der Waals surface area contributed by atoms with Gasteiger partial charge >= 0.3 is 0 Å². The summed E-state index contributed by atoms with van der Waals surface area (Å²) < 4.78 is 0. The molecule has 0 fully saturated rings. The van der Waals surface area contributed by atoms with Gasteiger partial charge in [0.05, 0.1) is 4.92 Å². The molecule has 0 saturated carbocycles. The Hall–Kier alpha value is -2.89. The first-order valence-corrected chi connectivity index (χ1v) is 6.24. The van der Waals surface area contributed by atoms with Crippen molar-refractivity contribution in [3.63, 3.8) is 0 Å². The maximum absolute atomic E-state index is 12.2. The topological polar surface area (TPSA) is 92.5 Å². The number of nitrogens with zero attached hydrogens (tertiary/aromatic N) is 1. The van der Waals surface area contributed by atoms with Crippen LogP contribution in [0.15, 0.2) is 36.4 Å². The van der Waals surface area contributed by atoms with E-state index in [1.165, 1.54) is 24.3 Å². The van der Waals surface area contributed by atoms with Gasteiger partial charge in [-0.1, -0.05) is 12.1 Å². The van der Waals surface area contributed by atoms with Crippen molar-refractivity contribution in [2.24, 2.45) is 0 Å². The highest BCUT2D eigenvalue weighted by Gasteiger charge is 2.15. The number of aryl methyl sites for hydroxylation is 2. The van der Waals surface area contributed by atoms with Gasteiger partial charge in [0.25, 0.3) is 11.6 Å². The van der Waals surface area contributed by atoms with Crippen molar-refractivity contribution in [2.45, 2.75) is 13.8 Å². The fourth-order valence-corrected chi connectivity index (χ4v) is 1.85. The molecule has 0 radical (unpaired) electrons. The molecule has 0 aliphatic rings. The van der Waals surface area contributed by atoms with Crippen LogP contribution in [-0.4, -0.2) is 15.9 Å². The molecule has 0 aliphatic heterocycles. The molecule has 0 bridgehead atoms. The smallest absolute Gasteiger partial charge is 0.270 e. The van der Waals surface area contributed by atoms with E-state index in [0.717, 1.165) is 0 Å². The number of non-ortho nitro benzene ring substituents is 1. The van der Waals surface area contributed by atoms with E-state index >= 15 is 0 Å². The minimum absolute atomic E-state index is 0.0727. The standard InChI is InChI=1S/C15H14N2O4/c1-9-4-6-12(17(20)21)8-13(9)15(19)16-11-5-3-10(2)14(18)7-11/h3-8,18H,1-2H3,(H,16,19). The molecule has 2 aromatic carbocycles. The van der Waals surface area contributed by atoms with Crippen molar-refractivity contribution < 1.29 is 14.8 Å². The summed E-state index contributed by atoms with van der Waals surface area (Å²) in [5, 5.41) is 23.0. The van der Waals surface area contributed by atoms with E-state index in [-0.39, 0.29) is 17.0 Å². The number of rotatable bonds is 3. The number of nitrogens with one attached hydrogen (secondary N) is 1. The number of benzene rings is 2. The number of hydrogen-bond acceptors (Lipinski definition) is 4. The Kier molecular flexibility index (Phi) is 3.89. The van der Waals surface area contributed by atoms with Crippen molar-refractivity contribution in [2.75, 3.05) is 5.32 Å². The maximum Gasteiger partial charge on any atom is 0.270 e. The van der Waals surface area contributed by atoms with Crippen molar-refractivity contribution in [1.82, 2.24) is 0 Å². The first-order valence-electron chi connectivity index (χ1n) is 6.24. The molecule has 21 heavy (non-hydrogen) atoms. The molecule has 2 N–H and O–H groups in total. The Labute approximate surface area is 121 Å². The van der Waals surface area contributed by atoms with E-state index in [1.54, 1.807) is 26.0 Å². The molecule has 0 saturated heterocycles. The number of hydrogen-bond donors (Lipinski definition) is 2. The van der Waals surface area contributed by atoms with Gasteiger partial charge in [0.1, 0.15) is 5.75 Å². The lowest BCUT2D eigenvalue weighted by molar-refractivity contribution is -0.384. The molecule has 108 valence electrons. The number of amides is 1. The second-order valence-corrected chi connectivity index (χ2v) is 4.71. The third-order valence-electron chi connectivity index (χ3n) is 3.14. The summed E-state index contributed by atoms with van der Waals surface area (Å²) in [5.74, 6) is -0.386. The molecular weight excluding hydrogens is 272 g/mol. The van der Waals surface area contributed by atoms with Gasteiger partial charge < -0.3 is 10.4 Å². The lowest BCUT2D eigenvalue weighted by atomic mass is 10.1. The highest BCUT2D eigenvalue weighted by atomic mass is 16.6. The number of nitro groups is 1. The summed E-state index contributed by atoms with van der Waals surface area (Å²) >= 11 is 0. The first kappa shape index (κ1) is 14.5. The van der Waals surface area contributed by atoms with Crippen LogP contribution in [0.2, 0.25) is 0 Å². The lowest BCUT2D eigenvalue weighted by Crippen LogP contribution is -2.13. The second kappa shape index (κ2) is 5.62. The largest absolute Gasteiger partial charge is 0.508 e. The zero-order chi connectivity index (χ0) is 15.6. The molecule has 0 aromatic heterocycles. The quantitative estimate of drug-likeness (QED) is 0.669. The summed E-state index contributed by atoms with van der Waals surface area (Å²) in [6.07, 6.45) is 0. The molecule has 6 heteroatoms. The monoisotopic (exact) mass is 286 g/mol. The molecule has 0 aliphatic carbocycles. The Bertz CT molecular complexity index is 726. The van der Waals surface area contributed by atoms with Crippen LogP contribution in [0.3, 0.4) is 0 Å². The molecule has 0 spiro atoms. The van der Waals surface area contributed by atoms with Crippen LogP contribution in [0.4, 0.5) is 11.4 Å². The van der Waals surface area contributed by atoms with E-state index in [0.29, 0.717) is 16.8 Å². The molecule has 0 heterocycles. The predicted molar refractivity (Wildman–Crippen MR) is 78.6 cm³/mol. The molecule has 0 unspecified atom stereocenters. The highest BCUT2D eigenvalue weighted by Crippen LogP contribution is 2.23. The fraction of sp³-hybridized carbons (Fsp3) is 0.133. The SMILES string of the molecule is Cc1ccc(NC(=O)c2cc([N+](=O)[O-])ccc2C)cc1O. The van der Waals surface area contributed by atoms with Crippen LogP contribution in [-0.2, 0) is 0 Å². The molecule has 0 atom stereocenters. The summed E-state index contributed by atoms with van der Waals surface area (Å²) in [5.41, 5.74) is 1.84. The van der Waals surface area contributed by atoms with Gasteiger partial charge in [0, 0.05) is 29.4 Å².